The third-order valence-electron chi connectivity index (χ3n) is 7.98. The fourth-order valence-electron chi connectivity index (χ4n) is 6.47. The molecule has 3 unspecified atom stereocenters. The number of nitrogens with zero attached hydrogens (tertiary/aromatic N) is 2. The Morgan fingerprint density at radius 2 is 1.79 bits per heavy atom. The molecular weight excluding hydrogens is 480 g/mol. The lowest BCUT2D eigenvalue weighted by atomic mass is 9.56. The van der Waals surface area contributed by atoms with Crippen LogP contribution in [0, 0.1) is 11.8 Å². The molecule has 1 amide bonds. The van der Waals surface area contributed by atoms with Gasteiger partial charge in [0.05, 0.1) is 0 Å². The van der Waals surface area contributed by atoms with Crippen LogP contribution < -0.4 is 4.74 Å². The van der Waals surface area contributed by atoms with Crippen LogP contribution in [0.25, 0.3) is 0 Å². The van der Waals surface area contributed by atoms with Gasteiger partial charge in [-0.15, -0.1) is 0 Å². The summed E-state index contributed by atoms with van der Waals surface area (Å²) in [5.41, 5.74) is 1.37. The summed E-state index contributed by atoms with van der Waals surface area (Å²) in [5.74, 6) is 0.148. The van der Waals surface area contributed by atoms with E-state index in [4.69, 9.17) is 9.47 Å². The highest BCUT2D eigenvalue weighted by Crippen LogP contribution is 2.51. The third-order valence-corrected chi connectivity index (χ3v) is 7.98. The maximum Gasteiger partial charge on any atom is 0.308 e. The van der Waals surface area contributed by atoms with Crippen molar-refractivity contribution in [3.63, 3.8) is 0 Å². The highest BCUT2D eigenvalue weighted by Gasteiger charge is 2.54. The third kappa shape index (κ3) is 6.09. The van der Waals surface area contributed by atoms with Crippen LogP contribution in [-0.4, -0.2) is 66.5 Å². The number of fused-ring (bicyclic) bond motifs is 1. The van der Waals surface area contributed by atoms with E-state index in [2.05, 4.69) is 31.9 Å². The first kappa shape index (κ1) is 27.8. The fourth-order valence-corrected chi connectivity index (χ4v) is 6.47. The summed E-state index contributed by atoms with van der Waals surface area (Å²) in [7, 11) is 2.10. The van der Waals surface area contributed by atoms with Crippen molar-refractivity contribution in [1.29, 1.82) is 0 Å². The Morgan fingerprint density at radius 1 is 1.05 bits per heavy atom. The molecule has 2 fully saturated rings. The van der Waals surface area contributed by atoms with Gasteiger partial charge in [0, 0.05) is 56.3 Å². The summed E-state index contributed by atoms with van der Waals surface area (Å²) in [4.78, 5) is 42.2. The number of ether oxygens (including phenoxy) is 2. The fraction of sp³-hybridized carbons (Fsp3) is 0.516. The van der Waals surface area contributed by atoms with Crippen molar-refractivity contribution in [3.05, 3.63) is 65.7 Å². The summed E-state index contributed by atoms with van der Waals surface area (Å²) in [6.07, 6.45) is 1.85. The zero-order chi connectivity index (χ0) is 27.4. The molecule has 0 N–H and O–H groups in total. The molecule has 38 heavy (non-hydrogen) atoms. The van der Waals surface area contributed by atoms with Crippen LogP contribution in [0.5, 0.6) is 5.75 Å². The van der Waals surface area contributed by atoms with E-state index >= 15 is 0 Å². The summed E-state index contributed by atoms with van der Waals surface area (Å²) >= 11 is 0. The zero-order valence-electron chi connectivity index (χ0n) is 23.2. The molecule has 1 saturated carbocycles. The zero-order valence-corrected chi connectivity index (χ0v) is 23.2. The lowest BCUT2D eigenvalue weighted by Crippen LogP contribution is -2.62. The van der Waals surface area contributed by atoms with Crippen LogP contribution in [0.2, 0.25) is 0 Å². The van der Waals surface area contributed by atoms with E-state index in [9.17, 15) is 14.4 Å². The van der Waals surface area contributed by atoms with Gasteiger partial charge in [-0.3, -0.25) is 14.4 Å². The standard InChI is InChI=1S/C31H40N2O5/c1-21(2)19-33(30(36)24-10-7-6-8-11-24)26-17-29(38-23(4)35)28-20-32(5)15-14-31(28,18-26)25-12-9-13-27(16-25)37-22(3)34/h6-13,16,21,26,28-29H,14-15,17-20H2,1-5H3/t26-,28?,29?,31?/m0/s1. The van der Waals surface area contributed by atoms with E-state index < -0.39 is 0 Å². The molecule has 0 spiro atoms. The molecule has 1 saturated heterocycles. The van der Waals surface area contributed by atoms with Crippen molar-refractivity contribution >= 4 is 17.8 Å². The average Bonchev–Trinajstić information content (AvgIpc) is 2.87. The molecule has 2 aliphatic rings. The quantitative estimate of drug-likeness (QED) is 0.389. The topological polar surface area (TPSA) is 76.2 Å². The van der Waals surface area contributed by atoms with E-state index in [0.29, 0.717) is 24.3 Å². The van der Waals surface area contributed by atoms with Crippen LogP contribution in [0.15, 0.2) is 54.6 Å². The summed E-state index contributed by atoms with van der Waals surface area (Å²) in [6.45, 7) is 9.36. The van der Waals surface area contributed by atoms with Crippen LogP contribution in [0.4, 0.5) is 0 Å². The minimum Gasteiger partial charge on any atom is -0.462 e. The van der Waals surface area contributed by atoms with Gasteiger partial charge in [0.15, 0.2) is 0 Å². The molecule has 1 aliphatic carbocycles. The van der Waals surface area contributed by atoms with Gasteiger partial charge in [-0.1, -0.05) is 44.2 Å². The number of piperidine rings is 1. The molecule has 2 aromatic rings. The van der Waals surface area contributed by atoms with Crippen LogP contribution in [0.1, 0.15) is 62.9 Å². The predicted octanol–water partition coefficient (Wildman–Crippen LogP) is 4.69. The molecule has 4 rings (SSSR count). The number of hydrogen-bond donors (Lipinski definition) is 0. The highest BCUT2D eigenvalue weighted by molar-refractivity contribution is 5.94. The Bertz CT molecular complexity index is 1150. The first-order chi connectivity index (χ1) is 18.1. The van der Waals surface area contributed by atoms with E-state index in [1.165, 1.54) is 13.8 Å². The number of benzene rings is 2. The number of rotatable bonds is 7. The van der Waals surface area contributed by atoms with Crippen molar-refractivity contribution in [3.8, 4) is 5.75 Å². The van der Waals surface area contributed by atoms with Gasteiger partial charge in [0.2, 0.25) is 0 Å². The van der Waals surface area contributed by atoms with Crippen LogP contribution >= 0.6 is 0 Å². The molecule has 0 aromatic heterocycles. The summed E-state index contributed by atoms with van der Waals surface area (Å²) in [6, 6.07) is 17.0. The Labute approximate surface area is 226 Å². The molecule has 4 atom stereocenters. The van der Waals surface area contributed by atoms with E-state index in [1.54, 1.807) is 6.07 Å². The number of hydrogen-bond acceptors (Lipinski definition) is 6. The molecular formula is C31H40N2O5. The lowest BCUT2D eigenvalue weighted by molar-refractivity contribution is -0.158. The molecule has 0 radical (unpaired) electrons. The maximum atomic E-state index is 13.9. The van der Waals surface area contributed by atoms with E-state index in [1.807, 2.05) is 47.4 Å². The molecule has 204 valence electrons. The van der Waals surface area contributed by atoms with Gasteiger partial charge in [-0.05, 0) is 62.2 Å². The van der Waals surface area contributed by atoms with Crippen molar-refractivity contribution in [2.75, 3.05) is 26.7 Å². The largest absolute Gasteiger partial charge is 0.462 e. The second kappa shape index (κ2) is 11.7. The predicted molar refractivity (Wildman–Crippen MR) is 146 cm³/mol. The minimum absolute atomic E-state index is 0.000987. The van der Waals surface area contributed by atoms with Crippen LogP contribution in [-0.2, 0) is 19.7 Å². The summed E-state index contributed by atoms with van der Waals surface area (Å²) in [5, 5.41) is 0. The molecule has 2 aromatic carbocycles. The second-order valence-electron chi connectivity index (χ2n) is 11.4. The van der Waals surface area contributed by atoms with Gasteiger partial charge in [-0.2, -0.15) is 0 Å². The number of carbonyl (C=O) groups is 3. The average molecular weight is 521 g/mol. The minimum atomic E-state index is -0.365. The number of carbonyl (C=O) groups excluding carboxylic acids is 3. The highest BCUT2D eigenvalue weighted by atomic mass is 16.5. The van der Waals surface area contributed by atoms with Crippen LogP contribution in [0.3, 0.4) is 0 Å². The Balaban J connectivity index is 1.81. The van der Waals surface area contributed by atoms with Crippen molar-refractivity contribution < 1.29 is 23.9 Å². The van der Waals surface area contributed by atoms with Gasteiger partial charge in [0.25, 0.3) is 5.91 Å². The SMILES string of the molecule is CC(=O)Oc1cccc(C23CCN(C)CC2C(OC(C)=O)C[C@H](N(CC(C)C)C(=O)c2ccccc2)C3)c1. The van der Waals surface area contributed by atoms with E-state index in [0.717, 1.165) is 31.5 Å². The maximum absolute atomic E-state index is 13.9. The second-order valence-corrected chi connectivity index (χ2v) is 11.4. The smallest absolute Gasteiger partial charge is 0.308 e. The monoisotopic (exact) mass is 520 g/mol. The first-order valence-electron chi connectivity index (χ1n) is 13.6. The molecule has 1 heterocycles. The van der Waals surface area contributed by atoms with Gasteiger partial charge >= 0.3 is 11.9 Å². The number of esters is 2. The van der Waals surface area contributed by atoms with Crippen molar-refractivity contribution in [2.45, 2.75) is 64.5 Å². The van der Waals surface area contributed by atoms with Crippen molar-refractivity contribution in [2.24, 2.45) is 11.8 Å². The number of likely N-dealkylation sites (tertiary alicyclic amines) is 1. The molecule has 1 aliphatic heterocycles. The van der Waals surface area contributed by atoms with Gasteiger partial charge in [-0.25, -0.2) is 0 Å². The normalized spacial score (nSPS) is 25.4. The number of amides is 1. The first-order valence-corrected chi connectivity index (χ1v) is 13.6. The Hall–Kier alpha value is -3.19. The van der Waals surface area contributed by atoms with Crippen molar-refractivity contribution in [1.82, 2.24) is 9.80 Å². The van der Waals surface area contributed by atoms with E-state index in [-0.39, 0.29) is 47.2 Å². The lowest BCUT2D eigenvalue weighted by Gasteiger charge is -2.56. The van der Waals surface area contributed by atoms with Gasteiger partial charge in [0.1, 0.15) is 11.9 Å². The molecule has 7 heteroatoms. The Kier molecular flexibility index (Phi) is 8.56. The summed E-state index contributed by atoms with van der Waals surface area (Å²) < 4.78 is 11.5. The molecule has 7 nitrogen and oxygen atoms in total. The molecule has 0 bridgehead atoms. The van der Waals surface area contributed by atoms with Gasteiger partial charge < -0.3 is 19.3 Å². The Morgan fingerprint density at radius 3 is 2.45 bits per heavy atom.